The number of halogens is 1. The number of nitriles is 1. The van der Waals surface area contributed by atoms with Crippen LogP contribution < -0.4 is 0 Å². The molecule has 0 bridgehead atoms. The van der Waals surface area contributed by atoms with Gasteiger partial charge in [0.25, 0.3) is 0 Å². The van der Waals surface area contributed by atoms with Crippen LogP contribution in [0.4, 0.5) is 0 Å². The summed E-state index contributed by atoms with van der Waals surface area (Å²) in [6.45, 7) is 3.40. The Balaban J connectivity index is 1.67. The van der Waals surface area contributed by atoms with Gasteiger partial charge in [-0.05, 0) is 24.1 Å². The van der Waals surface area contributed by atoms with E-state index >= 15 is 0 Å². The molecule has 0 N–H and O–H groups in total. The highest BCUT2D eigenvalue weighted by Gasteiger charge is 2.35. The van der Waals surface area contributed by atoms with Crippen LogP contribution >= 0.6 is 11.6 Å². The first-order valence-corrected chi connectivity index (χ1v) is 7.25. The minimum Gasteiger partial charge on any atom is -0.337 e. The maximum absolute atomic E-state index is 11.7. The molecule has 2 saturated heterocycles. The molecule has 5 heteroatoms. The highest BCUT2D eigenvalue weighted by molar-refractivity contribution is 6.31. The van der Waals surface area contributed by atoms with Crippen molar-refractivity contribution in [1.82, 2.24) is 9.80 Å². The van der Waals surface area contributed by atoms with Gasteiger partial charge in [-0.3, -0.25) is 9.69 Å². The maximum Gasteiger partial charge on any atom is 0.222 e. The molecular weight excluding hydrogens is 274 g/mol. The average Bonchev–Trinajstić information content (AvgIpc) is 2.82. The Morgan fingerprint density at radius 1 is 1.40 bits per heavy atom. The van der Waals surface area contributed by atoms with Gasteiger partial charge >= 0.3 is 0 Å². The van der Waals surface area contributed by atoms with E-state index in [-0.39, 0.29) is 0 Å². The number of hydrogen-bond donors (Lipinski definition) is 0. The van der Waals surface area contributed by atoms with Gasteiger partial charge in [-0.2, -0.15) is 5.26 Å². The first-order chi connectivity index (χ1) is 9.67. The number of fused-ring (bicyclic) bond motifs is 1. The zero-order valence-electron chi connectivity index (χ0n) is 11.2. The number of rotatable bonds is 2. The average molecular weight is 290 g/mol. The third-order valence-electron chi connectivity index (χ3n) is 4.15. The molecule has 20 heavy (non-hydrogen) atoms. The molecule has 0 spiro atoms. The van der Waals surface area contributed by atoms with Gasteiger partial charge in [0.2, 0.25) is 5.91 Å². The van der Waals surface area contributed by atoms with E-state index in [9.17, 15) is 4.79 Å². The van der Waals surface area contributed by atoms with Crippen molar-refractivity contribution in [2.24, 2.45) is 0 Å². The predicted octanol–water partition coefficient (Wildman–Crippen LogP) is 2.02. The maximum atomic E-state index is 11.7. The number of nitrogens with zero attached hydrogens (tertiary/aromatic N) is 3. The molecule has 1 unspecified atom stereocenters. The highest BCUT2D eigenvalue weighted by atomic mass is 35.5. The Labute approximate surface area is 123 Å². The van der Waals surface area contributed by atoms with Gasteiger partial charge in [-0.25, -0.2) is 0 Å². The second kappa shape index (κ2) is 5.43. The molecule has 3 rings (SSSR count). The van der Waals surface area contributed by atoms with Crippen LogP contribution in [0.15, 0.2) is 18.2 Å². The largest absolute Gasteiger partial charge is 0.337 e. The lowest BCUT2D eigenvalue weighted by Gasteiger charge is -2.37. The van der Waals surface area contributed by atoms with Gasteiger partial charge in [0.1, 0.15) is 0 Å². The molecule has 104 valence electrons. The number of amides is 1. The second-order valence-corrected chi connectivity index (χ2v) is 5.84. The highest BCUT2D eigenvalue weighted by Crippen LogP contribution is 2.25. The fraction of sp³-hybridized carbons (Fsp3) is 0.467. The van der Waals surface area contributed by atoms with E-state index in [2.05, 4.69) is 11.0 Å². The van der Waals surface area contributed by atoms with Gasteiger partial charge in [0.15, 0.2) is 0 Å². The summed E-state index contributed by atoms with van der Waals surface area (Å²) in [7, 11) is 0. The number of piperazine rings is 1. The van der Waals surface area contributed by atoms with E-state index in [1.165, 1.54) is 0 Å². The van der Waals surface area contributed by atoms with Crippen molar-refractivity contribution < 1.29 is 4.79 Å². The SMILES string of the molecule is N#Cc1ccc(CN2CCN3C(=O)CCC3C2)c(Cl)c1. The summed E-state index contributed by atoms with van der Waals surface area (Å²) in [4.78, 5) is 16.0. The molecule has 1 amide bonds. The molecule has 2 fully saturated rings. The predicted molar refractivity (Wildman–Crippen MR) is 76.2 cm³/mol. The van der Waals surface area contributed by atoms with Crippen molar-refractivity contribution in [2.45, 2.75) is 25.4 Å². The number of hydrogen-bond acceptors (Lipinski definition) is 3. The summed E-state index contributed by atoms with van der Waals surface area (Å²) in [5.74, 6) is 0.297. The third kappa shape index (κ3) is 2.52. The van der Waals surface area contributed by atoms with Crippen LogP contribution in [0.2, 0.25) is 5.02 Å². The summed E-state index contributed by atoms with van der Waals surface area (Å²) >= 11 is 6.22. The Morgan fingerprint density at radius 3 is 3.00 bits per heavy atom. The van der Waals surface area contributed by atoms with E-state index < -0.39 is 0 Å². The van der Waals surface area contributed by atoms with Crippen molar-refractivity contribution in [3.05, 3.63) is 34.3 Å². The van der Waals surface area contributed by atoms with Crippen LogP contribution in [0.5, 0.6) is 0 Å². The molecular formula is C15H16ClN3O. The summed E-state index contributed by atoms with van der Waals surface area (Å²) in [5, 5.41) is 9.49. The lowest BCUT2D eigenvalue weighted by atomic mass is 10.1. The third-order valence-corrected chi connectivity index (χ3v) is 4.51. The summed E-state index contributed by atoms with van der Waals surface area (Å²) in [5.41, 5.74) is 1.63. The summed E-state index contributed by atoms with van der Waals surface area (Å²) in [6, 6.07) is 7.90. The molecule has 1 aromatic rings. The lowest BCUT2D eigenvalue weighted by molar-refractivity contribution is -0.130. The molecule has 4 nitrogen and oxygen atoms in total. The number of carbonyl (C=O) groups excluding carboxylic acids is 1. The molecule has 0 aromatic heterocycles. The monoisotopic (exact) mass is 289 g/mol. The van der Waals surface area contributed by atoms with E-state index in [4.69, 9.17) is 16.9 Å². The van der Waals surface area contributed by atoms with Crippen molar-refractivity contribution in [3.8, 4) is 6.07 Å². The van der Waals surface area contributed by atoms with Crippen LogP contribution in [-0.4, -0.2) is 41.4 Å². The first kappa shape index (κ1) is 13.4. The Bertz CT molecular complexity index is 581. The van der Waals surface area contributed by atoms with Gasteiger partial charge in [0.05, 0.1) is 11.6 Å². The Kier molecular flexibility index (Phi) is 3.64. The van der Waals surface area contributed by atoms with Crippen molar-refractivity contribution in [2.75, 3.05) is 19.6 Å². The molecule has 1 atom stereocenters. The van der Waals surface area contributed by atoms with Crippen LogP contribution in [0.1, 0.15) is 24.0 Å². The van der Waals surface area contributed by atoms with Crippen molar-refractivity contribution in [1.29, 1.82) is 5.26 Å². The standard InChI is InChI=1S/C15H16ClN3O/c16-14-7-11(8-17)1-2-12(14)9-18-5-6-19-13(10-18)3-4-15(19)20/h1-2,7,13H,3-6,9-10H2. The fourth-order valence-electron chi connectivity index (χ4n) is 3.06. The van der Waals surface area contributed by atoms with Gasteiger partial charge in [-0.1, -0.05) is 17.7 Å². The number of benzene rings is 1. The van der Waals surface area contributed by atoms with Crippen LogP contribution in [0.3, 0.4) is 0 Å². The van der Waals surface area contributed by atoms with E-state index in [0.29, 0.717) is 29.0 Å². The van der Waals surface area contributed by atoms with Crippen LogP contribution in [0, 0.1) is 11.3 Å². The normalized spacial score (nSPS) is 22.7. The van der Waals surface area contributed by atoms with E-state index in [0.717, 1.165) is 38.2 Å². The Morgan fingerprint density at radius 2 is 2.25 bits per heavy atom. The van der Waals surface area contributed by atoms with Gasteiger partial charge < -0.3 is 4.90 Å². The fourth-order valence-corrected chi connectivity index (χ4v) is 3.30. The molecule has 0 aliphatic carbocycles. The van der Waals surface area contributed by atoms with Crippen molar-refractivity contribution >= 4 is 17.5 Å². The van der Waals surface area contributed by atoms with Gasteiger partial charge in [0, 0.05) is 43.7 Å². The second-order valence-electron chi connectivity index (χ2n) is 5.43. The molecule has 2 heterocycles. The smallest absolute Gasteiger partial charge is 0.222 e. The van der Waals surface area contributed by atoms with E-state index in [1.807, 2.05) is 11.0 Å². The molecule has 0 saturated carbocycles. The first-order valence-electron chi connectivity index (χ1n) is 6.88. The summed E-state index contributed by atoms with van der Waals surface area (Å²) in [6.07, 6.45) is 1.66. The van der Waals surface area contributed by atoms with E-state index in [1.54, 1.807) is 12.1 Å². The quantitative estimate of drug-likeness (QED) is 0.837. The van der Waals surface area contributed by atoms with Crippen LogP contribution in [0.25, 0.3) is 0 Å². The van der Waals surface area contributed by atoms with Crippen LogP contribution in [-0.2, 0) is 11.3 Å². The zero-order chi connectivity index (χ0) is 14.1. The lowest BCUT2D eigenvalue weighted by Crippen LogP contribution is -2.50. The molecule has 1 aromatic carbocycles. The summed E-state index contributed by atoms with van der Waals surface area (Å²) < 4.78 is 0. The molecule has 2 aliphatic heterocycles. The minimum absolute atomic E-state index is 0.297. The Hall–Kier alpha value is -1.57. The minimum atomic E-state index is 0.297. The van der Waals surface area contributed by atoms with Gasteiger partial charge in [-0.15, -0.1) is 0 Å². The molecule has 0 radical (unpaired) electrons. The molecule has 2 aliphatic rings. The topological polar surface area (TPSA) is 47.3 Å². The van der Waals surface area contributed by atoms with Crippen molar-refractivity contribution in [3.63, 3.8) is 0 Å². The number of carbonyl (C=O) groups is 1. The zero-order valence-corrected chi connectivity index (χ0v) is 11.9.